The molecule has 0 aliphatic heterocycles. The zero-order chi connectivity index (χ0) is 34.7. The number of rotatable bonds is 24. The van der Waals surface area contributed by atoms with Crippen molar-refractivity contribution in [2.75, 3.05) is 32.9 Å². The average molecular weight is 670 g/mol. The molecule has 1 saturated carbocycles. The average Bonchev–Trinajstić information content (AvgIpc) is 2.96. The predicted molar refractivity (Wildman–Crippen MR) is 185 cm³/mol. The molecule has 268 valence electrons. The maximum Gasteiger partial charge on any atom is 0.500 e. The first-order chi connectivity index (χ1) is 21.7. The minimum atomic E-state index is -2.74. The van der Waals surface area contributed by atoms with Gasteiger partial charge in [-0.2, -0.15) is 0 Å². The van der Waals surface area contributed by atoms with Gasteiger partial charge in [-0.15, -0.1) is 0 Å². The Hall–Kier alpha value is -1.78. The Morgan fingerprint density at radius 1 is 0.935 bits per heavy atom. The second kappa shape index (κ2) is 21.2. The number of carbonyl (C=O) groups excluding carboxylic acids is 3. The second-order valence-electron chi connectivity index (χ2n) is 15.0. The van der Waals surface area contributed by atoms with Crippen molar-refractivity contribution in [3.63, 3.8) is 0 Å². The smallest absolute Gasteiger partial charge is 0.446 e. The molecule has 11 heteroatoms. The van der Waals surface area contributed by atoms with Crippen LogP contribution in [-0.2, 0) is 27.6 Å². The Balaban J connectivity index is 2.63. The first kappa shape index (κ1) is 42.2. The number of hydrogen-bond acceptors (Lipinski definition) is 8. The maximum atomic E-state index is 12.9. The number of ether oxygens (including phenoxy) is 1. The Morgan fingerprint density at radius 3 is 2.15 bits per heavy atom. The lowest BCUT2D eigenvalue weighted by atomic mass is 9.63. The van der Waals surface area contributed by atoms with Gasteiger partial charge in [-0.05, 0) is 88.4 Å². The molecular weight excluding hydrogens is 602 g/mol. The van der Waals surface area contributed by atoms with Crippen LogP contribution in [-0.4, -0.2) is 71.9 Å². The van der Waals surface area contributed by atoms with Crippen molar-refractivity contribution in [3.8, 4) is 0 Å². The van der Waals surface area contributed by atoms with Crippen LogP contribution >= 0.6 is 0 Å². The van der Waals surface area contributed by atoms with E-state index in [0.717, 1.165) is 57.8 Å². The summed E-state index contributed by atoms with van der Waals surface area (Å²) in [5, 5.41) is 6.11. The van der Waals surface area contributed by atoms with Gasteiger partial charge in [0.05, 0.1) is 6.04 Å². The first-order valence-electron chi connectivity index (χ1n) is 17.9. The van der Waals surface area contributed by atoms with Crippen LogP contribution in [0.1, 0.15) is 139 Å². The standard InChI is InChI=1S/C35H67N3O7Si/c1-10-14-15-16-18-30(45-32(41)37-27-35(9)24-29(38-28-39)23-34(7,8)25-35)19-17-20-31(40)36-26-33(5,6)21-22-46(42-11-2,43-12-3)44-13-4/h29-30H,10-27H2,1-9H3,(H,36,40)(H,37,41). The number of aliphatic imine (C=N–C) groups is 1. The number of carbonyl (C=O) groups is 2. The van der Waals surface area contributed by atoms with E-state index in [9.17, 15) is 14.4 Å². The van der Waals surface area contributed by atoms with E-state index in [0.29, 0.717) is 58.2 Å². The lowest BCUT2D eigenvalue weighted by Crippen LogP contribution is -2.47. The molecule has 46 heavy (non-hydrogen) atoms. The predicted octanol–water partition coefficient (Wildman–Crippen LogP) is 7.72. The highest BCUT2D eigenvalue weighted by Crippen LogP contribution is 2.46. The zero-order valence-electron chi connectivity index (χ0n) is 30.7. The van der Waals surface area contributed by atoms with E-state index < -0.39 is 14.9 Å². The van der Waals surface area contributed by atoms with Gasteiger partial charge in [-0.25, -0.2) is 14.6 Å². The van der Waals surface area contributed by atoms with Crippen LogP contribution in [0, 0.1) is 16.2 Å². The van der Waals surface area contributed by atoms with Crippen LogP contribution in [0.25, 0.3) is 0 Å². The number of hydrogen-bond donors (Lipinski definition) is 2. The second-order valence-corrected chi connectivity index (χ2v) is 17.7. The third-order valence-electron chi connectivity index (χ3n) is 8.86. The van der Waals surface area contributed by atoms with Crippen molar-refractivity contribution in [3.05, 3.63) is 0 Å². The summed E-state index contributed by atoms with van der Waals surface area (Å²) in [6.45, 7) is 21.5. The van der Waals surface area contributed by atoms with Gasteiger partial charge < -0.3 is 28.6 Å². The molecule has 10 nitrogen and oxygen atoms in total. The summed E-state index contributed by atoms with van der Waals surface area (Å²) >= 11 is 0. The number of nitrogens with one attached hydrogen (secondary N) is 2. The highest BCUT2D eigenvalue weighted by molar-refractivity contribution is 6.60. The lowest BCUT2D eigenvalue weighted by Gasteiger charge is -2.45. The molecule has 0 saturated heterocycles. The van der Waals surface area contributed by atoms with E-state index in [1.54, 1.807) is 6.08 Å². The molecule has 1 aliphatic carbocycles. The van der Waals surface area contributed by atoms with E-state index in [1.807, 2.05) is 20.8 Å². The molecular formula is C35H67N3O7Si. The van der Waals surface area contributed by atoms with E-state index >= 15 is 0 Å². The number of nitrogens with zero attached hydrogens (tertiary/aromatic N) is 1. The summed E-state index contributed by atoms with van der Waals surface area (Å²) < 4.78 is 23.9. The molecule has 0 aromatic rings. The van der Waals surface area contributed by atoms with Gasteiger partial charge in [0.1, 0.15) is 6.10 Å². The monoisotopic (exact) mass is 669 g/mol. The van der Waals surface area contributed by atoms with E-state index in [2.05, 4.69) is 57.2 Å². The van der Waals surface area contributed by atoms with Crippen molar-refractivity contribution < 1.29 is 32.4 Å². The van der Waals surface area contributed by atoms with Crippen LogP contribution in [0.3, 0.4) is 0 Å². The molecule has 1 rings (SSSR count). The fourth-order valence-corrected chi connectivity index (χ4v) is 9.90. The summed E-state index contributed by atoms with van der Waals surface area (Å²) in [7, 11) is -2.74. The summed E-state index contributed by atoms with van der Waals surface area (Å²) in [4.78, 5) is 40.7. The van der Waals surface area contributed by atoms with Crippen LogP contribution < -0.4 is 10.6 Å². The molecule has 0 spiro atoms. The molecule has 0 bridgehead atoms. The van der Waals surface area contributed by atoms with Crippen LogP contribution in [0.15, 0.2) is 4.99 Å². The molecule has 1 fully saturated rings. The summed E-state index contributed by atoms with van der Waals surface area (Å²) in [6.07, 6.45) is 11.2. The van der Waals surface area contributed by atoms with Gasteiger partial charge in [0, 0.05) is 45.4 Å². The molecule has 3 atom stereocenters. The van der Waals surface area contributed by atoms with E-state index in [4.69, 9.17) is 18.0 Å². The zero-order valence-corrected chi connectivity index (χ0v) is 31.7. The third kappa shape index (κ3) is 17.4. The van der Waals surface area contributed by atoms with Crippen molar-refractivity contribution in [1.29, 1.82) is 0 Å². The molecule has 3 unspecified atom stereocenters. The summed E-state index contributed by atoms with van der Waals surface area (Å²) in [6, 6.07) is 0.622. The van der Waals surface area contributed by atoms with Crippen molar-refractivity contribution in [2.45, 2.75) is 158 Å². The molecule has 0 aromatic heterocycles. The van der Waals surface area contributed by atoms with Crippen LogP contribution in [0.5, 0.6) is 0 Å². The van der Waals surface area contributed by atoms with Gasteiger partial charge in [0.25, 0.3) is 0 Å². The van der Waals surface area contributed by atoms with Crippen LogP contribution in [0.2, 0.25) is 6.04 Å². The number of alkyl carbamates (subject to hydrolysis) is 1. The summed E-state index contributed by atoms with van der Waals surface area (Å²) in [5.74, 6) is 0.00516. The quantitative estimate of drug-likeness (QED) is 0.0467. The van der Waals surface area contributed by atoms with Gasteiger partial charge in [0.2, 0.25) is 12.0 Å². The van der Waals surface area contributed by atoms with Gasteiger partial charge in [-0.3, -0.25) is 4.79 Å². The number of unbranched alkanes of at least 4 members (excludes halogenated alkanes) is 3. The van der Waals surface area contributed by atoms with Crippen LogP contribution in [0.4, 0.5) is 4.79 Å². The summed E-state index contributed by atoms with van der Waals surface area (Å²) in [5.41, 5.74) is -0.316. The molecule has 2 N–H and O–H groups in total. The number of isocyanates is 1. The molecule has 2 amide bonds. The fraction of sp³-hybridized carbons (Fsp3) is 0.914. The highest BCUT2D eigenvalue weighted by atomic mass is 28.4. The van der Waals surface area contributed by atoms with Gasteiger partial charge in [0.15, 0.2) is 0 Å². The highest BCUT2D eigenvalue weighted by Gasteiger charge is 2.42. The maximum absolute atomic E-state index is 12.9. The van der Waals surface area contributed by atoms with Gasteiger partial charge >= 0.3 is 14.9 Å². The van der Waals surface area contributed by atoms with Gasteiger partial charge in [-0.1, -0.05) is 60.8 Å². The molecule has 0 aromatic carbocycles. The first-order valence-corrected chi connectivity index (χ1v) is 19.8. The lowest BCUT2D eigenvalue weighted by molar-refractivity contribution is -0.121. The molecule has 0 heterocycles. The Kier molecular flexibility index (Phi) is 19.5. The number of amides is 2. The van der Waals surface area contributed by atoms with Crippen molar-refractivity contribution in [2.24, 2.45) is 21.2 Å². The van der Waals surface area contributed by atoms with Crippen molar-refractivity contribution in [1.82, 2.24) is 10.6 Å². The molecule has 0 radical (unpaired) electrons. The van der Waals surface area contributed by atoms with Crippen molar-refractivity contribution >= 4 is 26.9 Å². The largest absolute Gasteiger partial charge is 0.500 e. The Bertz CT molecular complexity index is 924. The minimum absolute atomic E-state index is 0.00516. The van der Waals surface area contributed by atoms with E-state index in [1.165, 1.54) is 0 Å². The normalized spacial score (nSPS) is 20.4. The third-order valence-corrected chi connectivity index (χ3v) is 11.9. The Morgan fingerprint density at radius 2 is 1.57 bits per heavy atom. The minimum Gasteiger partial charge on any atom is -0.446 e. The van der Waals surface area contributed by atoms with E-state index in [-0.39, 0.29) is 34.3 Å². The SMILES string of the molecule is CCCCCCC(CCCC(=O)NCC(C)(C)CC[Si](OCC)(OCC)OCC)OC(=O)NCC1(C)CC(N=C=O)CC(C)(C)C1. The fourth-order valence-electron chi connectivity index (χ4n) is 6.92. The Labute approximate surface area is 281 Å². The topological polar surface area (TPSA) is 125 Å². The molecule has 1 aliphatic rings.